The fraction of sp³-hybridized carbons (Fsp3) is 0.682. The monoisotopic (exact) mass is 429 g/mol. The molecule has 5 rings (SSSR count). The highest BCUT2D eigenvalue weighted by atomic mass is 32.1. The highest BCUT2D eigenvalue weighted by molar-refractivity contribution is 7.15. The minimum atomic E-state index is 0.0536. The van der Waals surface area contributed by atoms with Crippen molar-refractivity contribution in [3.63, 3.8) is 0 Å². The molecule has 2 aromatic rings. The second-order valence-corrected chi connectivity index (χ2v) is 9.73. The molecule has 2 aliphatic heterocycles. The van der Waals surface area contributed by atoms with Gasteiger partial charge < -0.3 is 10.1 Å². The van der Waals surface area contributed by atoms with Gasteiger partial charge in [0.2, 0.25) is 0 Å². The van der Waals surface area contributed by atoms with E-state index < -0.39 is 0 Å². The standard InChI is InChI=1S/C22H31N5O2S/c28-21-13-16-5-1-2-7-18(16)25-27(21)11-10-26-9-4-3-6-17(26)14-23-22-24-19-8-12-29-15-20(19)30-22/h13,17H,1-12,14-15H2,(H,23,24). The zero-order chi connectivity index (χ0) is 20.3. The van der Waals surface area contributed by atoms with Crippen molar-refractivity contribution < 1.29 is 4.74 Å². The van der Waals surface area contributed by atoms with Gasteiger partial charge in [0.15, 0.2) is 5.13 Å². The molecule has 0 bridgehead atoms. The summed E-state index contributed by atoms with van der Waals surface area (Å²) in [4.78, 5) is 21.1. The van der Waals surface area contributed by atoms with Gasteiger partial charge in [-0.05, 0) is 50.6 Å². The SMILES string of the molecule is O=c1cc2c(nn1CCN1CCCCC1CNc1nc3c(s1)COCC3)CCCC2. The number of likely N-dealkylation sites (tertiary alicyclic amines) is 1. The van der Waals surface area contributed by atoms with E-state index in [4.69, 9.17) is 14.8 Å². The van der Waals surface area contributed by atoms with E-state index in [-0.39, 0.29) is 5.56 Å². The van der Waals surface area contributed by atoms with Crippen LogP contribution in [0.5, 0.6) is 0 Å². The summed E-state index contributed by atoms with van der Waals surface area (Å²) < 4.78 is 7.23. The summed E-state index contributed by atoms with van der Waals surface area (Å²) in [7, 11) is 0. The van der Waals surface area contributed by atoms with Gasteiger partial charge in [-0.3, -0.25) is 9.69 Å². The van der Waals surface area contributed by atoms with Crippen LogP contribution in [0.3, 0.4) is 0 Å². The molecule has 0 radical (unpaired) electrons. The number of ether oxygens (including phenoxy) is 1. The Balaban J connectivity index is 1.20. The van der Waals surface area contributed by atoms with Crippen molar-refractivity contribution in [2.45, 2.75) is 70.6 Å². The molecular formula is C22H31N5O2S. The van der Waals surface area contributed by atoms with E-state index in [0.29, 0.717) is 19.2 Å². The largest absolute Gasteiger partial charge is 0.375 e. The quantitative estimate of drug-likeness (QED) is 0.761. The number of hydrogen-bond acceptors (Lipinski definition) is 7. The average Bonchev–Trinajstić information content (AvgIpc) is 3.20. The van der Waals surface area contributed by atoms with Crippen LogP contribution >= 0.6 is 11.3 Å². The van der Waals surface area contributed by atoms with Gasteiger partial charge in [-0.1, -0.05) is 17.8 Å². The number of aromatic nitrogens is 3. The lowest BCUT2D eigenvalue weighted by Gasteiger charge is -2.35. The third kappa shape index (κ3) is 4.45. The molecule has 1 fully saturated rings. The molecule has 8 heteroatoms. The molecule has 0 saturated carbocycles. The van der Waals surface area contributed by atoms with Gasteiger partial charge in [-0.2, -0.15) is 5.10 Å². The van der Waals surface area contributed by atoms with Crippen molar-refractivity contribution in [3.05, 3.63) is 38.2 Å². The number of thiazole rings is 1. The van der Waals surface area contributed by atoms with Crippen LogP contribution in [0.1, 0.15) is 53.9 Å². The first-order valence-corrected chi connectivity index (χ1v) is 12.2. The third-order valence-corrected chi connectivity index (χ3v) is 7.63. The van der Waals surface area contributed by atoms with Crippen LogP contribution in [-0.2, 0) is 37.2 Å². The number of nitrogens with one attached hydrogen (secondary N) is 1. The van der Waals surface area contributed by atoms with Crippen molar-refractivity contribution in [1.82, 2.24) is 19.7 Å². The summed E-state index contributed by atoms with van der Waals surface area (Å²) in [6.45, 7) is 5.02. The summed E-state index contributed by atoms with van der Waals surface area (Å²) in [5.74, 6) is 0. The second kappa shape index (κ2) is 9.16. The van der Waals surface area contributed by atoms with Crippen molar-refractivity contribution in [1.29, 1.82) is 0 Å². The van der Waals surface area contributed by atoms with Gasteiger partial charge in [0.05, 0.1) is 36.0 Å². The summed E-state index contributed by atoms with van der Waals surface area (Å²) in [6.07, 6.45) is 8.98. The molecule has 0 spiro atoms. The van der Waals surface area contributed by atoms with Crippen LogP contribution in [0.2, 0.25) is 0 Å². The molecule has 1 aliphatic carbocycles. The third-order valence-electron chi connectivity index (χ3n) is 6.61. The maximum absolute atomic E-state index is 12.5. The first kappa shape index (κ1) is 20.2. The molecule has 162 valence electrons. The molecule has 1 N–H and O–H groups in total. The Kier molecular flexibility index (Phi) is 6.15. The fourth-order valence-electron chi connectivity index (χ4n) is 4.88. The number of anilines is 1. The maximum atomic E-state index is 12.5. The van der Waals surface area contributed by atoms with Crippen molar-refractivity contribution in [2.24, 2.45) is 0 Å². The van der Waals surface area contributed by atoms with Gasteiger partial charge in [-0.25, -0.2) is 9.67 Å². The summed E-state index contributed by atoms with van der Waals surface area (Å²) >= 11 is 1.73. The van der Waals surface area contributed by atoms with Crippen LogP contribution in [0.4, 0.5) is 5.13 Å². The van der Waals surface area contributed by atoms with Crippen molar-refractivity contribution >= 4 is 16.5 Å². The topological polar surface area (TPSA) is 72.3 Å². The lowest BCUT2D eigenvalue weighted by molar-refractivity contribution is 0.112. The minimum absolute atomic E-state index is 0.0536. The second-order valence-electron chi connectivity index (χ2n) is 8.64. The lowest BCUT2D eigenvalue weighted by Crippen LogP contribution is -2.45. The summed E-state index contributed by atoms with van der Waals surface area (Å²) in [5, 5.41) is 9.29. The Hall–Kier alpha value is -1.77. The van der Waals surface area contributed by atoms with E-state index in [1.165, 1.54) is 48.2 Å². The normalized spacial score (nSPS) is 21.8. The Bertz CT molecular complexity index is 917. The first-order valence-electron chi connectivity index (χ1n) is 11.4. The minimum Gasteiger partial charge on any atom is -0.375 e. The van der Waals surface area contributed by atoms with E-state index in [0.717, 1.165) is 56.3 Å². The zero-order valence-electron chi connectivity index (χ0n) is 17.6. The average molecular weight is 430 g/mol. The molecule has 30 heavy (non-hydrogen) atoms. The molecule has 4 heterocycles. The van der Waals surface area contributed by atoms with E-state index in [1.54, 1.807) is 16.0 Å². The van der Waals surface area contributed by atoms with Gasteiger partial charge in [-0.15, -0.1) is 0 Å². The van der Waals surface area contributed by atoms with Gasteiger partial charge in [0.1, 0.15) is 0 Å². The van der Waals surface area contributed by atoms with E-state index in [1.807, 2.05) is 6.07 Å². The van der Waals surface area contributed by atoms with Crippen molar-refractivity contribution in [3.8, 4) is 0 Å². The number of aryl methyl sites for hydroxylation is 2. The number of fused-ring (bicyclic) bond motifs is 2. The Labute approximate surface area is 181 Å². The van der Waals surface area contributed by atoms with Crippen LogP contribution < -0.4 is 10.9 Å². The van der Waals surface area contributed by atoms with Gasteiger partial charge >= 0.3 is 0 Å². The molecule has 1 unspecified atom stereocenters. The van der Waals surface area contributed by atoms with Gasteiger partial charge in [0.25, 0.3) is 5.56 Å². The first-order chi connectivity index (χ1) is 14.8. The molecule has 1 saturated heterocycles. The Morgan fingerprint density at radius 1 is 1.13 bits per heavy atom. The fourth-order valence-corrected chi connectivity index (χ4v) is 5.83. The van der Waals surface area contributed by atoms with E-state index >= 15 is 0 Å². The zero-order valence-corrected chi connectivity index (χ0v) is 18.4. The van der Waals surface area contributed by atoms with Crippen LogP contribution in [-0.4, -0.2) is 51.9 Å². The predicted molar refractivity (Wildman–Crippen MR) is 118 cm³/mol. The lowest BCUT2D eigenvalue weighted by atomic mass is 9.97. The Morgan fingerprint density at radius 2 is 2.07 bits per heavy atom. The van der Waals surface area contributed by atoms with Crippen LogP contribution in [0, 0.1) is 0 Å². The molecule has 3 aliphatic rings. The molecule has 2 aromatic heterocycles. The molecular weight excluding hydrogens is 398 g/mol. The molecule has 0 aromatic carbocycles. The maximum Gasteiger partial charge on any atom is 0.267 e. The van der Waals surface area contributed by atoms with Crippen LogP contribution in [0.25, 0.3) is 0 Å². The number of rotatable bonds is 6. The molecule has 0 amide bonds. The van der Waals surface area contributed by atoms with E-state index in [2.05, 4.69) is 10.2 Å². The summed E-state index contributed by atoms with van der Waals surface area (Å²) in [6, 6.07) is 2.30. The van der Waals surface area contributed by atoms with Crippen LogP contribution in [0.15, 0.2) is 10.9 Å². The number of piperidine rings is 1. The summed E-state index contributed by atoms with van der Waals surface area (Å²) in [5.41, 5.74) is 3.55. The van der Waals surface area contributed by atoms with E-state index in [9.17, 15) is 4.79 Å². The highest BCUT2D eigenvalue weighted by Gasteiger charge is 2.23. The van der Waals surface area contributed by atoms with Gasteiger partial charge in [0, 0.05) is 31.6 Å². The van der Waals surface area contributed by atoms with Crippen molar-refractivity contribution in [2.75, 3.05) is 31.6 Å². The highest BCUT2D eigenvalue weighted by Crippen LogP contribution is 2.27. The molecule has 7 nitrogen and oxygen atoms in total. The predicted octanol–water partition coefficient (Wildman–Crippen LogP) is 2.62. The Morgan fingerprint density at radius 3 is 3.00 bits per heavy atom. The molecule has 1 atom stereocenters. The number of hydrogen-bond donors (Lipinski definition) is 1. The number of nitrogens with zero attached hydrogens (tertiary/aromatic N) is 4. The smallest absolute Gasteiger partial charge is 0.267 e.